The highest BCUT2D eigenvalue weighted by atomic mass is 32.2. The molecule has 2 saturated heterocycles. The van der Waals surface area contributed by atoms with E-state index < -0.39 is 10.2 Å². The summed E-state index contributed by atoms with van der Waals surface area (Å²) in [6.45, 7) is 3.11. The van der Waals surface area contributed by atoms with Gasteiger partial charge in [-0.1, -0.05) is 12.1 Å². The van der Waals surface area contributed by atoms with E-state index in [-0.39, 0.29) is 5.82 Å². The number of piperazine rings is 1. The first-order chi connectivity index (χ1) is 10.1. The van der Waals surface area contributed by atoms with Crippen molar-refractivity contribution in [1.29, 1.82) is 0 Å². The SMILES string of the molecule is O=S(=O)(N1CCCC1)N1CCN(c2ccccc2F)CC1. The first-order valence-electron chi connectivity index (χ1n) is 7.34. The summed E-state index contributed by atoms with van der Waals surface area (Å²) >= 11 is 0. The summed E-state index contributed by atoms with van der Waals surface area (Å²) in [6, 6.07) is 6.63. The van der Waals surface area contributed by atoms with Crippen molar-refractivity contribution >= 4 is 15.9 Å². The van der Waals surface area contributed by atoms with Crippen LogP contribution in [0.15, 0.2) is 24.3 Å². The van der Waals surface area contributed by atoms with E-state index in [1.54, 1.807) is 22.5 Å². The van der Waals surface area contributed by atoms with Crippen LogP contribution in [-0.2, 0) is 10.2 Å². The Morgan fingerprint density at radius 3 is 2.05 bits per heavy atom. The number of para-hydroxylation sites is 1. The van der Waals surface area contributed by atoms with Crippen molar-refractivity contribution in [2.75, 3.05) is 44.2 Å². The third-order valence-electron chi connectivity index (χ3n) is 4.15. The molecule has 0 bridgehead atoms. The van der Waals surface area contributed by atoms with Crippen LogP contribution < -0.4 is 4.90 Å². The number of benzene rings is 1. The van der Waals surface area contributed by atoms with Crippen LogP contribution in [-0.4, -0.2) is 56.3 Å². The average molecular weight is 313 g/mol. The van der Waals surface area contributed by atoms with Crippen LogP contribution in [0.3, 0.4) is 0 Å². The van der Waals surface area contributed by atoms with Gasteiger partial charge < -0.3 is 4.90 Å². The molecule has 2 aliphatic rings. The van der Waals surface area contributed by atoms with Gasteiger partial charge in [-0.15, -0.1) is 0 Å². The van der Waals surface area contributed by atoms with Crippen molar-refractivity contribution in [3.05, 3.63) is 30.1 Å². The lowest BCUT2D eigenvalue weighted by Crippen LogP contribution is -2.52. The Labute approximate surface area is 125 Å². The molecule has 21 heavy (non-hydrogen) atoms. The Morgan fingerprint density at radius 2 is 1.43 bits per heavy atom. The highest BCUT2D eigenvalue weighted by molar-refractivity contribution is 7.86. The molecule has 0 aromatic heterocycles. The molecule has 0 aliphatic carbocycles. The minimum absolute atomic E-state index is 0.256. The van der Waals surface area contributed by atoms with E-state index in [9.17, 15) is 12.8 Å². The zero-order chi connectivity index (χ0) is 14.9. The maximum atomic E-state index is 13.8. The van der Waals surface area contributed by atoms with Crippen LogP contribution in [0.2, 0.25) is 0 Å². The van der Waals surface area contributed by atoms with Crippen molar-refractivity contribution in [3.63, 3.8) is 0 Å². The van der Waals surface area contributed by atoms with Gasteiger partial charge in [-0.05, 0) is 25.0 Å². The van der Waals surface area contributed by atoms with Gasteiger partial charge in [-0.3, -0.25) is 0 Å². The van der Waals surface area contributed by atoms with Gasteiger partial charge in [0, 0.05) is 39.3 Å². The van der Waals surface area contributed by atoms with Gasteiger partial charge in [0.15, 0.2) is 0 Å². The van der Waals surface area contributed by atoms with Crippen LogP contribution in [0.5, 0.6) is 0 Å². The molecule has 0 amide bonds. The molecule has 0 unspecified atom stereocenters. The third-order valence-corrected chi connectivity index (χ3v) is 6.18. The predicted octanol–water partition coefficient (Wildman–Crippen LogP) is 1.29. The van der Waals surface area contributed by atoms with Gasteiger partial charge >= 0.3 is 0 Å². The van der Waals surface area contributed by atoms with Gasteiger partial charge in [0.05, 0.1) is 5.69 Å². The molecular weight excluding hydrogens is 293 g/mol. The molecule has 5 nitrogen and oxygen atoms in total. The smallest absolute Gasteiger partial charge is 0.282 e. The van der Waals surface area contributed by atoms with E-state index in [2.05, 4.69) is 0 Å². The minimum atomic E-state index is -3.33. The zero-order valence-electron chi connectivity index (χ0n) is 11.9. The van der Waals surface area contributed by atoms with Gasteiger partial charge in [0.1, 0.15) is 5.82 Å². The summed E-state index contributed by atoms with van der Waals surface area (Å²) in [5, 5.41) is 0. The quantitative estimate of drug-likeness (QED) is 0.844. The van der Waals surface area contributed by atoms with Crippen molar-refractivity contribution < 1.29 is 12.8 Å². The van der Waals surface area contributed by atoms with Gasteiger partial charge in [-0.25, -0.2) is 4.39 Å². The summed E-state index contributed by atoms with van der Waals surface area (Å²) < 4.78 is 41.8. The highest BCUT2D eigenvalue weighted by Gasteiger charge is 2.34. The monoisotopic (exact) mass is 313 g/mol. The lowest BCUT2D eigenvalue weighted by atomic mass is 10.2. The predicted molar refractivity (Wildman–Crippen MR) is 79.9 cm³/mol. The average Bonchev–Trinajstić information content (AvgIpc) is 3.03. The van der Waals surface area contributed by atoms with Crippen molar-refractivity contribution in [3.8, 4) is 0 Å². The molecule has 1 aromatic rings. The Balaban J connectivity index is 1.66. The Kier molecular flexibility index (Phi) is 4.14. The molecule has 0 spiro atoms. The molecule has 2 heterocycles. The topological polar surface area (TPSA) is 43.9 Å². The molecule has 0 atom stereocenters. The first-order valence-corrected chi connectivity index (χ1v) is 8.73. The fourth-order valence-corrected chi connectivity index (χ4v) is 4.62. The third kappa shape index (κ3) is 2.90. The van der Waals surface area contributed by atoms with Gasteiger partial charge in [-0.2, -0.15) is 17.0 Å². The highest BCUT2D eigenvalue weighted by Crippen LogP contribution is 2.23. The molecular formula is C14H20FN3O2S. The number of rotatable bonds is 3. The number of halogens is 1. The molecule has 116 valence electrons. The number of hydrogen-bond donors (Lipinski definition) is 0. The van der Waals surface area contributed by atoms with Crippen molar-refractivity contribution in [1.82, 2.24) is 8.61 Å². The maximum Gasteiger partial charge on any atom is 0.282 e. The lowest BCUT2D eigenvalue weighted by Gasteiger charge is -2.37. The molecule has 7 heteroatoms. The van der Waals surface area contributed by atoms with Crippen LogP contribution in [0.25, 0.3) is 0 Å². The lowest BCUT2D eigenvalue weighted by molar-refractivity contribution is 0.343. The zero-order valence-corrected chi connectivity index (χ0v) is 12.7. The fourth-order valence-electron chi connectivity index (χ4n) is 2.95. The largest absolute Gasteiger partial charge is 0.367 e. The summed E-state index contributed by atoms with van der Waals surface area (Å²) in [5.41, 5.74) is 0.552. The number of anilines is 1. The van der Waals surface area contributed by atoms with E-state index in [0.29, 0.717) is 45.0 Å². The molecule has 0 radical (unpaired) electrons. The van der Waals surface area contributed by atoms with Gasteiger partial charge in [0.25, 0.3) is 10.2 Å². The maximum absolute atomic E-state index is 13.8. The van der Waals surface area contributed by atoms with E-state index in [4.69, 9.17) is 0 Å². The standard InChI is InChI=1S/C14H20FN3O2S/c15-13-5-1-2-6-14(13)16-9-11-18(12-10-16)21(19,20)17-7-3-4-8-17/h1-2,5-6H,3-4,7-12H2. The second-order valence-electron chi connectivity index (χ2n) is 5.45. The molecule has 1 aromatic carbocycles. The van der Waals surface area contributed by atoms with E-state index in [0.717, 1.165) is 12.8 Å². The van der Waals surface area contributed by atoms with Crippen LogP contribution in [0.1, 0.15) is 12.8 Å². The molecule has 3 rings (SSSR count). The summed E-state index contributed by atoms with van der Waals surface area (Å²) in [4.78, 5) is 1.91. The molecule has 2 aliphatic heterocycles. The Bertz CT molecular complexity index is 594. The first kappa shape index (κ1) is 14.7. The second kappa shape index (κ2) is 5.90. The molecule has 2 fully saturated rings. The summed E-state index contributed by atoms with van der Waals surface area (Å²) in [6.07, 6.45) is 1.88. The summed E-state index contributed by atoms with van der Waals surface area (Å²) in [7, 11) is -3.33. The van der Waals surface area contributed by atoms with E-state index in [1.165, 1.54) is 10.4 Å². The van der Waals surface area contributed by atoms with Crippen LogP contribution >= 0.6 is 0 Å². The minimum Gasteiger partial charge on any atom is -0.367 e. The van der Waals surface area contributed by atoms with E-state index in [1.807, 2.05) is 4.90 Å². The van der Waals surface area contributed by atoms with Crippen LogP contribution in [0.4, 0.5) is 10.1 Å². The van der Waals surface area contributed by atoms with E-state index >= 15 is 0 Å². The number of hydrogen-bond acceptors (Lipinski definition) is 3. The van der Waals surface area contributed by atoms with Crippen molar-refractivity contribution in [2.24, 2.45) is 0 Å². The molecule has 0 saturated carbocycles. The second-order valence-corrected chi connectivity index (χ2v) is 7.38. The fraction of sp³-hybridized carbons (Fsp3) is 0.571. The van der Waals surface area contributed by atoms with Crippen molar-refractivity contribution in [2.45, 2.75) is 12.8 Å². The molecule has 0 N–H and O–H groups in total. The van der Waals surface area contributed by atoms with Gasteiger partial charge in [0.2, 0.25) is 0 Å². The number of nitrogens with zero attached hydrogens (tertiary/aromatic N) is 3. The summed E-state index contributed by atoms with van der Waals surface area (Å²) in [5.74, 6) is -0.256. The normalized spacial score (nSPS) is 21.9. The van der Waals surface area contributed by atoms with Crippen LogP contribution in [0, 0.1) is 5.82 Å². The Hall–Kier alpha value is -1.18. The Morgan fingerprint density at radius 1 is 0.857 bits per heavy atom.